The van der Waals surface area contributed by atoms with E-state index in [-0.39, 0.29) is 12.3 Å². The molecule has 7 heteroatoms. The van der Waals surface area contributed by atoms with Crippen LogP contribution >= 0.6 is 0 Å². The molecule has 4 rings (SSSR count). The summed E-state index contributed by atoms with van der Waals surface area (Å²) in [6.07, 6.45) is 10.4. The third-order valence-corrected chi connectivity index (χ3v) is 8.16. The van der Waals surface area contributed by atoms with E-state index in [0.29, 0.717) is 24.5 Å². The molecule has 0 radical (unpaired) electrons. The van der Waals surface area contributed by atoms with Crippen LogP contribution in [-0.4, -0.2) is 29.4 Å². The van der Waals surface area contributed by atoms with Gasteiger partial charge in [-0.25, -0.2) is 4.68 Å². The largest absolute Gasteiger partial charge is 0.379 e. The molecular weight excluding hydrogens is 428 g/mol. The first-order chi connectivity index (χ1) is 15.9. The summed E-state index contributed by atoms with van der Waals surface area (Å²) < 4.78 is 7.10. The fourth-order valence-electron chi connectivity index (χ4n) is 4.33. The van der Waals surface area contributed by atoms with Crippen LogP contribution in [0.4, 0.5) is 5.69 Å². The molecule has 1 aromatic carbocycles. The van der Waals surface area contributed by atoms with Crippen molar-refractivity contribution in [2.45, 2.75) is 77.0 Å². The Bertz CT molecular complexity index is 1120. The number of anilines is 1. The van der Waals surface area contributed by atoms with Crippen LogP contribution in [0.5, 0.6) is 0 Å². The number of pyridine rings is 1. The second kappa shape index (κ2) is 10.6. The minimum atomic E-state index is -1.15. The van der Waals surface area contributed by atoms with Crippen LogP contribution in [0.2, 0.25) is 25.7 Å². The molecule has 1 aliphatic carbocycles. The zero-order valence-corrected chi connectivity index (χ0v) is 21.1. The van der Waals surface area contributed by atoms with Crippen LogP contribution in [0.25, 0.3) is 10.8 Å². The van der Waals surface area contributed by atoms with E-state index < -0.39 is 8.07 Å². The maximum atomic E-state index is 12.8. The topological polar surface area (TPSA) is 69.0 Å². The second-order valence-electron chi connectivity index (χ2n) is 10.4. The standard InChI is InChI=1S/C26H36N4O2Si/c1-33(2,3)14-13-32-19-30-26(31)25-12-11-23(15-22(25)17-29-30)28-18-24-10-9-21(16-27-24)20-7-5-4-6-8-20/h9-12,15-17,20,28H,4-8,13-14,18-19H2,1-3H3. The fraction of sp³-hybridized carbons (Fsp3) is 0.500. The van der Waals surface area contributed by atoms with Crippen LogP contribution in [0.1, 0.15) is 49.3 Å². The summed E-state index contributed by atoms with van der Waals surface area (Å²) in [6.45, 7) is 8.44. The first kappa shape index (κ1) is 23.6. The van der Waals surface area contributed by atoms with Gasteiger partial charge in [-0.3, -0.25) is 9.78 Å². The normalized spacial score (nSPS) is 15.1. The van der Waals surface area contributed by atoms with Gasteiger partial charge in [0.15, 0.2) is 0 Å². The molecule has 33 heavy (non-hydrogen) atoms. The number of rotatable bonds is 9. The smallest absolute Gasteiger partial charge is 0.276 e. The third-order valence-electron chi connectivity index (χ3n) is 6.46. The molecule has 1 saturated carbocycles. The summed E-state index contributed by atoms with van der Waals surface area (Å²) >= 11 is 0. The Hall–Kier alpha value is -2.51. The highest BCUT2D eigenvalue weighted by Gasteiger charge is 2.16. The highest BCUT2D eigenvalue weighted by molar-refractivity contribution is 6.76. The Labute approximate surface area is 197 Å². The summed E-state index contributed by atoms with van der Waals surface area (Å²) in [5, 5.41) is 9.20. The highest BCUT2D eigenvalue weighted by atomic mass is 28.3. The molecule has 0 saturated heterocycles. The van der Waals surface area contributed by atoms with Gasteiger partial charge in [0.1, 0.15) is 6.73 Å². The van der Waals surface area contributed by atoms with Crippen molar-refractivity contribution in [1.82, 2.24) is 14.8 Å². The van der Waals surface area contributed by atoms with E-state index in [0.717, 1.165) is 22.8 Å². The third kappa shape index (κ3) is 6.51. The van der Waals surface area contributed by atoms with E-state index in [4.69, 9.17) is 4.74 Å². The Morgan fingerprint density at radius 1 is 1.09 bits per heavy atom. The van der Waals surface area contributed by atoms with E-state index in [1.165, 1.54) is 42.3 Å². The highest BCUT2D eigenvalue weighted by Crippen LogP contribution is 2.32. The minimum Gasteiger partial charge on any atom is -0.379 e. The molecule has 6 nitrogen and oxygen atoms in total. The average molecular weight is 465 g/mol. The Morgan fingerprint density at radius 3 is 2.64 bits per heavy atom. The van der Waals surface area contributed by atoms with Crippen molar-refractivity contribution >= 4 is 24.5 Å². The molecular formula is C26H36N4O2Si. The van der Waals surface area contributed by atoms with Gasteiger partial charge in [0, 0.05) is 32.0 Å². The predicted molar refractivity (Wildman–Crippen MR) is 137 cm³/mol. The number of aromatic nitrogens is 3. The first-order valence-electron chi connectivity index (χ1n) is 12.2. The monoisotopic (exact) mass is 464 g/mol. The fourth-order valence-corrected chi connectivity index (χ4v) is 5.09. The predicted octanol–water partition coefficient (Wildman–Crippen LogP) is 5.76. The molecule has 1 aliphatic rings. The lowest BCUT2D eigenvalue weighted by Crippen LogP contribution is -2.26. The van der Waals surface area contributed by atoms with Gasteiger partial charge in [-0.1, -0.05) is 45.0 Å². The molecule has 0 bridgehead atoms. The Kier molecular flexibility index (Phi) is 7.60. The number of benzene rings is 1. The van der Waals surface area contributed by atoms with Gasteiger partial charge in [-0.05, 0) is 54.6 Å². The summed E-state index contributed by atoms with van der Waals surface area (Å²) in [5.74, 6) is 0.677. The number of nitrogens with zero attached hydrogens (tertiary/aromatic N) is 3. The van der Waals surface area contributed by atoms with Gasteiger partial charge < -0.3 is 10.1 Å². The van der Waals surface area contributed by atoms with Gasteiger partial charge >= 0.3 is 0 Å². The minimum absolute atomic E-state index is 0.118. The summed E-state index contributed by atoms with van der Waals surface area (Å²) in [5.41, 5.74) is 3.22. The summed E-state index contributed by atoms with van der Waals surface area (Å²) in [7, 11) is -1.15. The van der Waals surface area contributed by atoms with Crippen LogP contribution in [0.3, 0.4) is 0 Å². The van der Waals surface area contributed by atoms with Crippen LogP contribution < -0.4 is 10.9 Å². The second-order valence-corrected chi connectivity index (χ2v) is 16.0. The molecule has 176 valence electrons. The van der Waals surface area contributed by atoms with Gasteiger partial charge in [0.25, 0.3) is 5.56 Å². The number of hydrogen-bond donors (Lipinski definition) is 1. The van der Waals surface area contributed by atoms with Crippen molar-refractivity contribution in [3.63, 3.8) is 0 Å². The van der Waals surface area contributed by atoms with E-state index >= 15 is 0 Å². The van der Waals surface area contributed by atoms with Gasteiger partial charge in [-0.15, -0.1) is 0 Å². The van der Waals surface area contributed by atoms with E-state index in [2.05, 4.69) is 47.2 Å². The maximum absolute atomic E-state index is 12.8. The van der Waals surface area contributed by atoms with Gasteiger partial charge in [0.2, 0.25) is 0 Å². The van der Waals surface area contributed by atoms with Crippen LogP contribution in [0.15, 0.2) is 47.5 Å². The van der Waals surface area contributed by atoms with Crippen LogP contribution in [0, 0.1) is 0 Å². The molecule has 0 atom stereocenters. The SMILES string of the molecule is C[Si](C)(C)CCOCn1ncc2cc(NCc3ccc(C4CCCCC4)cn3)ccc2c1=O. The van der Waals surface area contributed by atoms with Crippen molar-refractivity contribution in [2.75, 3.05) is 11.9 Å². The first-order valence-corrected chi connectivity index (χ1v) is 15.9. The Morgan fingerprint density at radius 2 is 1.91 bits per heavy atom. The molecule has 2 aromatic heterocycles. The number of hydrogen-bond acceptors (Lipinski definition) is 5. The van der Waals surface area contributed by atoms with Gasteiger partial charge in [0.05, 0.1) is 23.8 Å². The number of nitrogens with one attached hydrogen (secondary N) is 1. The van der Waals surface area contributed by atoms with Crippen molar-refractivity contribution < 1.29 is 4.74 Å². The van der Waals surface area contributed by atoms with E-state index in [1.54, 1.807) is 6.20 Å². The molecule has 1 fully saturated rings. The summed E-state index contributed by atoms with van der Waals surface area (Å²) in [4.78, 5) is 17.4. The molecule has 0 aliphatic heterocycles. The lowest BCUT2D eigenvalue weighted by molar-refractivity contribution is 0.0754. The van der Waals surface area contributed by atoms with Crippen molar-refractivity contribution in [2.24, 2.45) is 0 Å². The lowest BCUT2D eigenvalue weighted by Gasteiger charge is -2.21. The van der Waals surface area contributed by atoms with Gasteiger partial charge in [-0.2, -0.15) is 5.10 Å². The maximum Gasteiger partial charge on any atom is 0.276 e. The van der Waals surface area contributed by atoms with E-state index in [1.807, 2.05) is 24.4 Å². The van der Waals surface area contributed by atoms with Crippen molar-refractivity contribution in [1.29, 1.82) is 0 Å². The van der Waals surface area contributed by atoms with Crippen molar-refractivity contribution in [3.05, 3.63) is 64.3 Å². The van der Waals surface area contributed by atoms with Crippen molar-refractivity contribution in [3.8, 4) is 0 Å². The molecule has 0 spiro atoms. The van der Waals surface area contributed by atoms with E-state index in [9.17, 15) is 4.79 Å². The number of fused-ring (bicyclic) bond motifs is 1. The molecule has 0 unspecified atom stereocenters. The quantitative estimate of drug-likeness (QED) is 0.322. The molecule has 3 aromatic rings. The van der Waals surface area contributed by atoms with Crippen LogP contribution in [-0.2, 0) is 18.0 Å². The zero-order valence-electron chi connectivity index (χ0n) is 20.1. The molecule has 0 amide bonds. The average Bonchev–Trinajstić information content (AvgIpc) is 2.82. The Balaban J connectivity index is 1.35. The number of ether oxygens (including phenoxy) is 1. The summed E-state index contributed by atoms with van der Waals surface area (Å²) in [6, 6.07) is 11.2. The molecule has 1 N–H and O–H groups in total. The lowest BCUT2D eigenvalue weighted by atomic mass is 9.85. The molecule has 2 heterocycles. The zero-order chi connectivity index (χ0) is 23.3.